The maximum Gasteiger partial charge on any atom is 0.416 e. The molecule has 0 bridgehead atoms. The zero-order valence-electron chi connectivity index (χ0n) is 10.8. The first-order valence-electron chi connectivity index (χ1n) is 6.20. The molecular weight excluding hydrogens is 257 g/mol. The highest BCUT2D eigenvalue weighted by Crippen LogP contribution is 2.30. The van der Waals surface area contributed by atoms with Crippen LogP contribution in [0.2, 0.25) is 0 Å². The molecule has 0 aliphatic heterocycles. The van der Waals surface area contributed by atoms with E-state index in [4.69, 9.17) is 10.6 Å². The Bertz CT molecular complexity index is 365. The summed E-state index contributed by atoms with van der Waals surface area (Å²) in [6.07, 6.45) is -2.77. The van der Waals surface area contributed by atoms with E-state index in [9.17, 15) is 13.2 Å². The molecule has 19 heavy (non-hydrogen) atoms. The fourth-order valence-corrected chi connectivity index (χ4v) is 1.70. The molecule has 0 heterocycles. The van der Waals surface area contributed by atoms with Gasteiger partial charge in [-0.25, -0.2) is 0 Å². The maximum absolute atomic E-state index is 12.4. The Morgan fingerprint density at radius 2 is 1.84 bits per heavy atom. The number of alkyl halides is 3. The van der Waals surface area contributed by atoms with E-state index in [1.54, 1.807) is 0 Å². The highest BCUT2D eigenvalue weighted by atomic mass is 19.4. The van der Waals surface area contributed by atoms with Crippen LogP contribution >= 0.6 is 0 Å². The Kier molecular flexibility index (Phi) is 6.27. The lowest BCUT2D eigenvalue weighted by molar-refractivity contribution is -0.137. The quantitative estimate of drug-likeness (QED) is 0.457. The van der Waals surface area contributed by atoms with Crippen LogP contribution < -0.4 is 11.3 Å². The number of ether oxygens (including phenoxy) is 1. The van der Waals surface area contributed by atoms with Gasteiger partial charge in [-0.3, -0.25) is 11.3 Å². The van der Waals surface area contributed by atoms with Crippen molar-refractivity contribution in [3.05, 3.63) is 35.4 Å². The lowest BCUT2D eigenvalue weighted by Gasteiger charge is -2.17. The van der Waals surface area contributed by atoms with Gasteiger partial charge in [0.15, 0.2) is 0 Å². The molecule has 3 N–H and O–H groups in total. The Labute approximate surface area is 110 Å². The predicted octanol–water partition coefficient (Wildman–Crippen LogP) is 3.03. The van der Waals surface area contributed by atoms with Gasteiger partial charge in [-0.1, -0.05) is 19.1 Å². The van der Waals surface area contributed by atoms with E-state index in [2.05, 4.69) is 5.43 Å². The molecule has 0 aliphatic carbocycles. The van der Waals surface area contributed by atoms with Crippen molar-refractivity contribution < 1.29 is 17.9 Å². The van der Waals surface area contributed by atoms with Crippen molar-refractivity contribution >= 4 is 0 Å². The summed E-state index contributed by atoms with van der Waals surface area (Å²) in [6, 6.07) is 4.79. The molecule has 1 rings (SSSR count). The first kappa shape index (κ1) is 15.9. The molecule has 108 valence electrons. The fourth-order valence-electron chi connectivity index (χ4n) is 1.70. The van der Waals surface area contributed by atoms with Crippen LogP contribution in [0.3, 0.4) is 0 Å². The van der Waals surface area contributed by atoms with Gasteiger partial charge < -0.3 is 4.74 Å². The smallest absolute Gasteiger partial charge is 0.381 e. The van der Waals surface area contributed by atoms with Gasteiger partial charge in [0.1, 0.15) is 0 Å². The van der Waals surface area contributed by atoms with Crippen molar-refractivity contribution in [2.75, 3.05) is 13.2 Å². The number of nitrogens with two attached hydrogens (primary N) is 1. The number of benzene rings is 1. The standard InChI is InChI=1S/C13H19F3N2O/c1-2-8-19-9-7-12(18-17)10-3-5-11(6-4-10)13(14,15)16/h3-6,12,18H,2,7-9,17H2,1H3. The lowest BCUT2D eigenvalue weighted by atomic mass is 10.0. The van der Waals surface area contributed by atoms with E-state index in [-0.39, 0.29) is 6.04 Å². The van der Waals surface area contributed by atoms with Crippen molar-refractivity contribution in [1.29, 1.82) is 0 Å². The molecule has 1 aromatic carbocycles. The van der Waals surface area contributed by atoms with Gasteiger partial charge in [0.2, 0.25) is 0 Å². The van der Waals surface area contributed by atoms with Crippen LogP contribution in [0.15, 0.2) is 24.3 Å². The fraction of sp³-hybridized carbons (Fsp3) is 0.538. The molecule has 3 nitrogen and oxygen atoms in total. The van der Waals surface area contributed by atoms with Crippen LogP contribution in [-0.2, 0) is 10.9 Å². The van der Waals surface area contributed by atoms with Gasteiger partial charge in [0, 0.05) is 19.3 Å². The van der Waals surface area contributed by atoms with Crippen LogP contribution in [-0.4, -0.2) is 13.2 Å². The highest BCUT2D eigenvalue weighted by Gasteiger charge is 2.30. The Morgan fingerprint density at radius 1 is 1.21 bits per heavy atom. The summed E-state index contributed by atoms with van der Waals surface area (Å²) < 4.78 is 42.6. The second-order valence-electron chi connectivity index (χ2n) is 4.24. The SMILES string of the molecule is CCCOCCC(NN)c1ccc(C(F)(F)F)cc1. The van der Waals surface area contributed by atoms with Crippen molar-refractivity contribution in [2.45, 2.75) is 32.0 Å². The summed E-state index contributed by atoms with van der Waals surface area (Å²) in [5.74, 6) is 5.42. The van der Waals surface area contributed by atoms with Crippen LogP contribution in [0.4, 0.5) is 13.2 Å². The number of hydrogen-bond donors (Lipinski definition) is 2. The second-order valence-corrected chi connectivity index (χ2v) is 4.24. The Balaban J connectivity index is 2.61. The minimum Gasteiger partial charge on any atom is -0.381 e. The number of halogens is 3. The molecule has 0 aliphatic rings. The molecule has 0 saturated carbocycles. The summed E-state index contributed by atoms with van der Waals surface area (Å²) in [4.78, 5) is 0. The first-order chi connectivity index (χ1) is 8.99. The zero-order chi connectivity index (χ0) is 14.3. The van der Waals surface area contributed by atoms with Crippen LogP contribution in [0.1, 0.15) is 36.9 Å². The van der Waals surface area contributed by atoms with Gasteiger partial charge in [-0.2, -0.15) is 13.2 Å². The van der Waals surface area contributed by atoms with Gasteiger partial charge in [-0.05, 0) is 30.5 Å². The molecule has 6 heteroatoms. The van der Waals surface area contributed by atoms with Gasteiger partial charge >= 0.3 is 6.18 Å². The van der Waals surface area contributed by atoms with Crippen molar-refractivity contribution in [2.24, 2.45) is 5.84 Å². The lowest BCUT2D eigenvalue weighted by Crippen LogP contribution is -2.29. The second kappa shape index (κ2) is 7.47. The van der Waals surface area contributed by atoms with Gasteiger partial charge in [0.25, 0.3) is 0 Å². The normalized spacial score (nSPS) is 13.5. The average molecular weight is 276 g/mol. The summed E-state index contributed by atoms with van der Waals surface area (Å²) in [5, 5.41) is 0. The van der Waals surface area contributed by atoms with Gasteiger partial charge in [-0.15, -0.1) is 0 Å². The highest BCUT2D eigenvalue weighted by molar-refractivity contribution is 5.26. The van der Waals surface area contributed by atoms with E-state index in [1.807, 2.05) is 6.92 Å². The molecule has 0 saturated heterocycles. The molecule has 0 spiro atoms. The van der Waals surface area contributed by atoms with Crippen LogP contribution in [0, 0.1) is 0 Å². The van der Waals surface area contributed by atoms with E-state index in [0.29, 0.717) is 19.6 Å². The van der Waals surface area contributed by atoms with E-state index in [0.717, 1.165) is 24.1 Å². The molecular formula is C13H19F3N2O. The maximum atomic E-state index is 12.4. The third kappa shape index (κ3) is 5.18. The summed E-state index contributed by atoms with van der Waals surface area (Å²) in [6.45, 7) is 3.20. The minimum atomic E-state index is -4.31. The number of nitrogens with one attached hydrogen (secondary N) is 1. The molecule has 1 unspecified atom stereocenters. The van der Waals surface area contributed by atoms with Crippen molar-refractivity contribution in [3.8, 4) is 0 Å². The molecule has 1 atom stereocenters. The molecule has 1 aromatic rings. The van der Waals surface area contributed by atoms with E-state index in [1.165, 1.54) is 12.1 Å². The Morgan fingerprint density at radius 3 is 2.32 bits per heavy atom. The topological polar surface area (TPSA) is 47.3 Å². The van der Waals surface area contributed by atoms with E-state index >= 15 is 0 Å². The molecule has 0 amide bonds. The largest absolute Gasteiger partial charge is 0.416 e. The minimum absolute atomic E-state index is 0.209. The van der Waals surface area contributed by atoms with Crippen LogP contribution in [0.25, 0.3) is 0 Å². The summed E-state index contributed by atoms with van der Waals surface area (Å²) in [7, 11) is 0. The van der Waals surface area contributed by atoms with Crippen molar-refractivity contribution in [1.82, 2.24) is 5.43 Å². The summed E-state index contributed by atoms with van der Waals surface area (Å²) in [5.41, 5.74) is 2.65. The molecule has 0 radical (unpaired) electrons. The third-order valence-corrected chi connectivity index (χ3v) is 2.74. The Hall–Kier alpha value is -1.11. The number of hydrogen-bond acceptors (Lipinski definition) is 3. The molecule has 0 fully saturated rings. The number of hydrazine groups is 1. The zero-order valence-corrected chi connectivity index (χ0v) is 10.8. The predicted molar refractivity (Wildman–Crippen MR) is 67.2 cm³/mol. The third-order valence-electron chi connectivity index (χ3n) is 2.74. The van der Waals surface area contributed by atoms with Gasteiger partial charge in [0.05, 0.1) is 5.56 Å². The summed E-state index contributed by atoms with van der Waals surface area (Å²) >= 11 is 0. The average Bonchev–Trinajstić information content (AvgIpc) is 2.38. The van der Waals surface area contributed by atoms with E-state index < -0.39 is 11.7 Å². The monoisotopic (exact) mass is 276 g/mol. The first-order valence-corrected chi connectivity index (χ1v) is 6.20. The molecule has 0 aromatic heterocycles. The van der Waals surface area contributed by atoms with Crippen molar-refractivity contribution in [3.63, 3.8) is 0 Å². The number of rotatable bonds is 7. The van der Waals surface area contributed by atoms with Crippen LogP contribution in [0.5, 0.6) is 0 Å².